The van der Waals surface area contributed by atoms with Crippen LogP contribution in [-0.2, 0) is 12.6 Å². The van der Waals surface area contributed by atoms with Crippen LogP contribution in [0.1, 0.15) is 108 Å². The van der Waals surface area contributed by atoms with E-state index in [0.717, 1.165) is 42.9 Å². The quantitative estimate of drug-likeness (QED) is 0.127. The maximum atomic E-state index is 12.9. The van der Waals surface area contributed by atoms with E-state index in [1.54, 1.807) is 6.92 Å². The third kappa shape index (κ3) is 11.0. The molecule has 0 amide bonds. The van der Waals surface area contributed by atoms with E-state index < -0.39 is 11.7 Å². The molecule has 3 aromatic rings. The molecule has 3 rings (SSSR count). The molecule has 0 saturated carbocycles. The number of hydrogen-bond donors (Lipinski definition) is 0. The summed E-state index contributed by atoms with van der Waals surface area (Å²) in [7, 11) is 0. The van der Waals surface area contributed by atoms with Crippen LogP contribution in [0.5, 0.6) is 0 Å². The Balaban J connectivity index is 1.88. The van der Waals surface area contributed by atoms with E-state index in [1.165, 1.54) is 80.5 Å². The first-order chi connectivity index (χ1) is 22.6. The van der Waals surface area contributed by atoms with Crippen LogP contribution in [0.15, 0.2) is 62.9 Å². The van der Waals surface area contributed by atoms with Crippen molar-refractivity contribution in [3.05, 3.63) is 64.7 Å². The monoisotopic (exact) mass is 666 g/mol. The molecule has 0 radical (unpaired) electrons. The number of thiophene rings is 1. The van der Waals surface area contributed by atoms with Crippen molar-refractivity contribution in [2.45, 2.75) is 106 Å². The molecule has 10 heteroatoms. The smallest absolute Gasteiger partial charge is 0.371 e. The lowest BCUT2D eigenvalue weighted by Gasteiger charge is -2.33. The van der Waals surface area contributed by atoms with Crippen LogP contribution >= 0.6 is 11.3 Å². The predicted molar refractivity (Wildman–Crippen MR) is 188 cm³/mol. The van der Waals surface area contributed by atoms with Gasteiger partial charge in [-0.15, -0.1) is 20.5 Å². The number of unbranched alkanes of at least 4 members (excludes halogenated alkanes) is 2. The molecule has 2 aromatic carbocycles. The Bertz CT molecular complexity index is 1490. The lowest BCUT2D eigenvalue weighted by molar-refractivity contribution is -0.137. The Morgan fingerprint density at radius 1 is 0.809 bits per heavy atom. The van der Waals surface area contributed by atoms with Gasteiger partial charge >= 0.3 is 6.18 Å². The molecule has 254 valence electrons. The Hall–Kier alpha value is -3.58. The summed E-state index contributed by atoms with van der Waals surface area (Å²) in [5.74, 6) is 1.31. The van der Waals surface area contributed by atoms with Gasteiger partial charge in [0.25, 0.3) is 0 Å². The van der Waals surface area contributed by atoms with E-state index in [2.05, 4.69) is 78.2 Å². The summed E-state index contributed by atoms with van der Waals surface area (Å²) < 4.78 is 38.7. The number of aryl methyl sites for hydroxylation is 1. The van der Waals surface area contributed by atoms with Crippen LogP contribution < -0.4 is 4.90 Å². The number of nitriles is 1. The SMILES string of the molecule is CCCCC(CC)CN(CC(CC)CCCC)c1ccc(N=Nc2sc(N=Nc3ccc(C(F)(F)F)cc3)c(C)c2C#N)c(CC)c1. The first-order valence-corrected chi connectivity index (χ1v) is 17.8. The van der Waals surface area contributed by atoms with Gasteiger partial charge in [-0.25, -0.2) is 0 Å². The van der Waals surface area contributed by atoms with E-state index >= 15 is 0 Å². The molecule has 6 nitrogen and oxygen atoms in total. The molecule has 0 aliphatic rings. The van der Waals surface area contributed by atoms with Crippen molar-refractivity contribution in [1.29, 1.82) is 5.26 Å². The minimum absolute atomic E-state index is 0.278. The standard InChI is InChI=1S/C37H49F3N6S/c1-7-12-14-27(9-3)24-46(25-28(10-4)15-13-8-2)32-20-21-34(29(11-5)22-32)43-45-36-33(23-41)26(6)35(47-36)44-42-31-18-16-30(17-19-31)37(38,39)40/h16-22,27-28H,7-15,24-25H2,1-6H3. The number of alkyl halides is 3. The van der Waals surface area contributed by atoms with E-state index in [-0.39, 0.29) is 5.69 Å². The second kappa shape index (κ2) is 18.7. The van der Waals surface area contributed by atoms with Gasteiger partial charge in [-0.05, 0) is 86.1 Å². The first-order valence-electron chi connectivity index (χ1n) is 17.0. The topological polar surface area (TPSA) is 76.5 Å². The van der Waals surface area contributed by atoms with Gasteiger partial charge in [0.15, 0.2) is 5.00 Å². The van der Waals surface area contributed by atoms with Gasteiger partial charge in [-0.1, -0.05) is 84.5 Å². The minimum Gasteiger partial charge on any atom is -0.371 e. The van der Waals surface area contributed by atoms with E-state index in [4.69, 9.17) is 0 Å². The van der Waals surface area contributed by atoms with Crippen LogP contribution in [-0.4, -0.2) is 13.1 Å². The molecular weight excluding hydrogens is 618 g/mol. The number of rotatable bonds is 18. The molecule has 0 fully saturated rings. The van der Waals surface area contributed by atoms with Gasteiger partial charge in [0.2, 0.25) is 0 Å². The van der Waals surface area contributed by atoms with E-state index in [9.17, 15) is 18.4 Å². The van der Waals surface area contributed by atoms with Crippen molar-refractivity contribution in [2.24, 2.45) is 32.3 Å². The Kier molecular flexibility index (Phi) is 15.1. The Morgan fingerprint density at radius 3 is 1.91 bits per heavy atom. The zero-order valence-electron chi connectivity index (χ0n) is 28.7. The number of benzene rings is 2. The van der Waals surface area contributed by atoms with E-state index in [0.29, 0.717) is 33.0 Å². The third-order valence-corrected chi connectivity index (χ3v) is 9.83. The highest BCUT2D eigenvalue weighted by atomic mass is 32.1. The van der Waals surface area contributed by atoms with Crippen LogP contribution in [0, 0.1) is 30.1 Å². The summed E-state index contributed by atoms with van der Waals surface area (Å²) in [6.45, 7) is 15.1. The van der Waals surface area contributed by atoms with Gasteiger partial charge in [-0.2, -0.15) is 18.4 Å². The molecule has 2 atom stereocenters. The maximum Gasteiger partial charge on any atom is 0.416 e. The van der Waals surface area contributed by atoms with Crippen LogP contribution in [0.25, 0.3) is 0 Å². The van der Waals surface area contributed by atoms with Crippen molar-refractivity contribution < 1.29 is 13.2 Å². The maximum absolute atomic E-state index is 12.9. The van der Waals surface area contributed by atoms with Gasteiger partial charge in [0.1, 0.15) is 11.1 Å². The lowest BCUT2D eigenvalue weighted by atomic mass is 9.95. The molecule has 0 N–H and O–H groups in total. The van der Waals surface area contributed by atoms with Crippen molar-refractivity contribution in [2.75, 3.05) is 18.0 Å². The summed E-state index contributed by atoms with van der Waals surface area (Å²) in [5.41, 5.74) is 3.56. The Morgan fingerprint density at radius 2 is 1.40 bits per heavy atom. The average Bonchev–Trinajstić information content (AvgIpc) is 3.38. The number of nitrogens with zero attached hydrogens (tertiary/aromatic N) is 6. The van der Waals surface area contributed by atoms with Gasteiger partial charge in [-0.3, -0.25) is 0 Å². The minimum atomic E-state index is -4.42. The summed E-state index contributed by atoms with van der Waals surface area (Å²) >= 11 is 1.18. The third-order valence-electron chi connectivity index (χ3n) is 8.77. The Labute approximate surface area is 282 Å². The van der Waals surface area contributed by atoms with Gasteiger partial charge in [0, 0.05) is 24.3 Å². The summed E-state index contributed by atoms with van der Waals surface area (Å²) in [6, 6.07) is 13.1. The fourth-order valence-electron chi connectivity index (χ4n) is 5.60. The number of halogens is 3. The zero-order valence-corrected chi connectivity index (χ0v) is 29.5. The number of azo groups is 2. The normalized spacial score (nSPS) is 13.4. The molecule has 0 spiro atoms. The molecule has 0 aliphatic carbocycles. The highest BCUT2D eigenvalue weighted by molar-refractivity contribution is 7.19. The van der Waals surface area contributed by atoms with Gasteiger partial charge < -0.3 is 4.90 Å². The fourth-order valence-corrected chi connectivity index (χ4v) is 6.50. The highest BCUT2D eigenvalue weighted by Gasteiger charge is 2.30. The molecule has 0 saturated heterocycles. The second-order valence-electron chi connectivity index (χ2n) is 12.2. The molecule has 2 unspecified atom stereocenters. The number of anilines is 1. The highest BCUT2D eigenvalue weighted by Crippen LogP contribution is 2.42. The van der Waals surface area contributed by atoms with Crippen molar-refractivity contribution in [1.82, 2.24) is 0 Å². The largest absolute Gasteiger partial charge is 0.416 e. The van der Waals surface area contributed by atoms with E-state index in [1.807, 2.05) is 6.07 Å². The lowest BCUT2D eigenvalue weighted by Crippen LogP contribution is -2.34. The van der Waals surface area contributed by atoms with Crippen LogP contribution in [0.2, 0.25) is 0 Å². The average molecular weight is 667 g/mol. The summed E-state index contributed by atoms with van der Waals surface area (Å²) in [4.78, 5) is 2.60. The molecular formula is C37H49F3N6S. The number of hydrogen-bond acceptors (Lipinski definition) is 7. The van der Waals surface area contributed by atoms with Crippen molar-refractivity contribution in [3.8, 4) is 6.07 Å². The second-order valence-corrected chi connectivity index (χ2v) is 13.2. The van der Waals surface area contributed by atoms with Crippen molar-refractivity contribution >= 4 is 38.4 Å². The molecule has 0 bridgehead atoms. The first kappa shape index (κ1) is 37.9. The fraction of sp³-hybridized carbons (Fsp3) is 0.541. The molecule has 1 aromatic heterocycles. The molecule has 1 heterocycles. The van der Waals surface area contributed by atoms with Crippen LogP contribution in [0.4, 0.5) is 40.2 Å². The van der Waals surface area contributed by atoms with Crippen molar-refractivity contribution in [3.63, 3.8) is 0 Å². The van der Waals surface area contributed by atoms with Gasteiger partial charge in [0.05, 0.1) is 22.5 Å². The molecule has 47 heavy (non-hydrogen) atoms. The van der Waals surface area contributed by atoms with Crippen LogP contribution in [0.3, 0.4) is 0 Å². The molecule has 0 aliphatic heterocycles. The summed E-state index contributed by atoms with van der Waals surface area (Å²) in [6.07, 6.45) is 6.13. The zero-order chi connectivity index (χ0) is 34.4. The summed E-state index contributed by atoms with van der Waals surface area (Å²) in [5, 5.41) is 28.1. The predicted octanol–water partition coefficient (Wildman–Crippen LogP) is 13.6.